The maximum Gasteiger partial charge on any atom is 0.252 e. The number of hydrogen-bond acceptors (Lipinski definition) is 5. The second-order valence-electron chi connectivity index (χ2n) is 15.6. The highest BCUT2D eigenvalue weighted by Crippen LogP contribution is 2.22. The Bertz CT molecular complexity index is 947. The van der Waals surface area contributed by atoms with E-state index in [1.165, 1.54) is 206 Å². The van der Waals surface area contributed by atoms with Crippen LogP contribution in [0.1, 0.15) is 232 Å². The number of unbranched alkanes of at least 4 members (excludes halogenated alkanes) is 32. The van der Waals surface area contributed by atoms with Gasteiger partial charge in [-0.1, -0.05) is 212 Å². The van der Waals surface area contributed by atoms with Crippen LogP contribution in [0.3, 0.4) is 0 Å². The first-order valence-corrected chi connectivity index (χ1v) is 23.4. The lowest BCUT2D eigenvalue weighted by atomic mass is 10.0. The molecule has 1 rings (SSSR count). The maximum atomic E-state index is 12.4. The molecule has 0 aliphatic carbocycles. The number of carbonyl (C=O) groups excluding carboxylic acids is 2. The Morgan fingerprint density at radius 2 is 0.880 bits per heavy atom. The van der Waals surface area contributed by atoms with E-state index in [1.807, 2.05) is 0 Å². The van der Waals surface area contributed by atoms with Gasteiger partial charge in [0.05, 0.1) is 18.3 Å². The van der Waals surface area contributed by atoms with Crippen LogP contribution in [0.4, 0.5) is 0 Å². The summed E-state index contributed by atoms with van der Waals surface area (Å²) in [5.41, 5.74) is 0. The number of carbonyl (C=O) groups is 2. The fraction of sp³-hybridized carbons (Fsp3) is 0.907. The van der Waals surface area contributed by atoms with Gasteiger partial charge in [-0.05, 0) is 19.8 Å². The largest absolute Gasteiger partial charge is 0.392 e. The lowest BCUT2D eigenvalue weighted by molar-refractivity contribution is -0.135. The smallest absolute Gasteiger partial charge is 0.252 e. The third-order valence-corrected chi connectivity index (χ3v) is 12.7. The molecule has 0 radical (unpaired) electrons. The second kappa shape index (κ2) is 32.4. The Labute approximate surface area is 310 Å². The molecule has 0 saturated carbocycles. The molecule has 0 aromatic carbocycles. The molecule has 0 bridgehead atoms. The Balaban J connectivity index is 1.77. The SMILES string of the molecule is CCCCCCCCCCCCCCCCCCCCCCCCCCCCCCCCCCC=CN1C(=O)CC(S(=O)(=O)CC(C)O)C1=O. The number of rotatable bonds is 37. The standard InChI is InChI=1S/C43H81NO5S/c1-3-4-5-6-7-8-9-10-11-12-13-14-15-16-17-18-19-20-21-22-23-24-25-26-27-28-29-30-31-32-33-34-35-36-37-44-42(46)38-41(43(44)47)50(48,49)39-40(2)45/h36-37,40-41,45H,3-35,38-39H2,1-2H3. The van der Waals surface area contributed by atoms with Gasteiger partial charge in [0.15, 0.2) is 9.84 Å². The van der Waals surface area contributed by atoms with Gasteiger partial charge in [0, 0.05) is 6.20 Å². The van der Waals surface area contributed by atoms with Crippen molar-refractivity contribution in [2.24, 2.45) is 0 Å². The quantitative estimate of drug-likeness (QED) is 0.0509. The molecule has 1 N–H and O–H groups in total. The monoisotopic (exact) mass is 724 g/mol. The Morgan fingerprint density at radius 3 is 1.18 bits per heavy atom. The molecule has 50 heavy (non-hydrogen) atoms. The molecule has 0 aromatic heterocycles. The lowest BCUT2D eigenvalue weighted by Crippen LogP contribution is -2.35. The number of amides is 2. The first-order chi connectivity index (χ1) is 24.3. The van der Waals surface area contributed by atoms with Crippen LogP contribution in [-0.4, -0.2) is 47.3 Å². The molecule has 2 atom stereocenters. The van der Waals surface area contributed by atoms with Crippen molar-refractivity contribution in [3.05, 3.63) is 12.3 Å². The van der Waals surface area contributed by atoms with Crippen LogP contribution in [-0.2, 0) is 19.4 Å². The fourth-order valence-corrected chi connectivity index (χ4v) is 9.05. The molecule has 7 heteroatoms. The van der Waals surface area contributed by atoms with E-state index in [-0.39, 0.29) is 6.42 Å². The van der Waals surface area contributed by atoms with Crippen molar-refractivity contribution < 1.29 is 23.1 Å². The number of allylic oxidation sites excluding steroid dienone is 1. The lowest BCUT2D eigenvalue weighted by Gasteiger charge is -2.12. The highest BCUT2D eigenvalue weighted by atomic mass is 32.2. The predicted molar refractivity (Wildman–Crippen MR) is 213 cm³/mol. The van der Waals surface area contributed by atoms with Crippen LogP contribution in [0, 0.1) is 0 Å². The summed E-state index contributed by atoms with van der Waals surface area (Å²) < 4.78 is 24.6. The van der Waals surface area contributed by atoms with E-state index in [0.29, 0.717) is 0 Å². The van der Waals surface area contributed by atoms with Crippen LogP contribution in [0.2, 0.25) is 0 Å². The summed E-state index contributed by atoms with van der Waals surface area (Å²) >= 11 is 0. The first-order valence-electron chi connectivity index (χ1n) is 21.7. The molecule has 0 spiro atoms. The van der Waals surface area contributed by atoms with Gasteiger partial charge in [0.2, 0.25) is 5.91 Å². The number of hydrogen-bond donors (Lipinski definition) is 1. The average Bonchev–Trinajstić information content (AvgIpc) is 3.37. The molecule has 1 aliphatic rings. The van der Waals surface area contributed by atoms with E-state index in [4.69, 9.17) is 0 Å². The average molecular weight is 724 g/mol. The third-order valence-electron chi connectivity index (χ3n) is 10.5. The van der Waals surface area contributed by atoms with Gasteiger partial charge in [-0.25, -0.2) is 8.42 Å². The maximum absolute atomic E-state index is 12.4. The molecule has 0 aromatic rings. The van der Waals surface area contributed by atoms with Crippen LogP contribution in [0.25, 0.3) is 0 Å². The van der Waals surface area contributed by atoms with Gasteiger partial charge in [0.1, 0.15) is 5.25 Å². The number of likely N-dealkylation sites (tertiary alicyclic amines) is 1. The fourth-order valence-electron chi connectivity index (χ4n) is 7.33. The summed E-state index contributed by atoms with van der Waals surface area (Å²) in [6, 6.07) is 0. The number of aliphatic hydroxyl groups excluding tert-OH is 1. The van der Waals surface area contributed by atoms with Crippen molar-refractivity contribution >= 4 is 21.7 Å². The molecule has 1 heterocycles. The summed E-state index contributed by atoms with van der Waals surface area (Å²) in [7, 11) is -3.84. The molecule has 2 amide bonds. The zero-order valence-electron chi connectivity index (χ0n) is 33.0. The molecule has 1 fully saturated rings. The molecular formula is C43H81NO5S. The van der Waals surface area contributed by atoms with E-state index in [9.17, 15) is 23.1 Å². The van der Waals surface area contributed by atoms with Crippen molar-refractivity contribution in [3.8, 4) is 0 Å². The minimum Gasteiger partial charge on any atom is -0.392 e. The number of sulfone groups is 1. The van der Waals surface area contributed by atoms with Crippen molar-refractivity contribution in [3.63, 3.8) is 0 Å². The van der Waals surface area contributed by atoms with E-state index < -0.39 is 38.8 Å². The van der Waals surface area contributed by atoms with Gasteiger partial charge in [0.25, 0.3) is 5.91 Å². The zero-order chi connectivity index (χ0) is 36.5. The van der Waals surface area contributed by atoms with Crippen LogP contribution in [0.5, 0.6) is 0 Å². The van der Waals surface area contributed by atoms with Crippen LogP contribution < -0.4 is 0 Å². The van der Waals surface area contributed by atoms with E-state index in [0.717, 1.165) is 24.2 Å². The first kappa shape index (κ1) is 46.8. The molecule has 294 valence electrons. The van der Waals surface area contributed by atoms with E-state index in [1.54, 1.807) is 6.08 Å². The minimum absolute atomic E-state index is 0.335. The van der Waals surface area contributed by atoms with Crippen molar-refractivity contribution in [1.82, 2.24) is 4.90 Å². The van der Waals surface area contributed by atoms with E-state index >= 15 is 0 Å². The van der Waals surface area contributed by atoms with Gasteiger partial charge in [-0.3, -0.25) is 14.5 Å². The molecule has 1 aliphatic heterocycles. The Morgan fingerprint density at radius 1 is 0.580 bits per heavy atom. The summed E-state index contributed by atoms with van der Waals surface area (Å²) in [4.78, 5) is 25.5. The Kier molecular flexibility index (Phi) is 30.4. The summed E-state index contributed by atoms with van der Waals surface area (Å²) in [5, 5.41) is 8.03. The molecule has 6 nitrogen and oxygen atoms in total. The highest BCUT2D eigenvalue weighted by molar-refractivity contribution is 7.92. The van der Waals surface area contributed by atoms with Crippen molar-refractivity contribution in [2.75, 3.05) is 5.75 Å². The van der Waals surface area contributed by atoms with Crippen LogP contribution >= 0.6 is 0 Å². The highest BCUT2D eigenvalue weighted by Gasteiger charge is 2.45. The topological polar surface area (TPSA) is 91.8 Å². The molecule has 2 unspecified atom stereocenters. The van der Waals surface area contributed by atoms with Gasteiger partial charge < -0.3 is 5.11 Å². The number of nitrogens with zero attached hydrogens (tertiary/aromatic N) is 1. The molecular weight excluding hydrogens is 643 g/mol. The van der Waals surface area contributed by atoms with Gasteiger partial charge in [-0.2, -0.15) is 0 Å². The minimum atomic E-state index is -3.84. The van der Waals surface area contributed by atoms with E-state index in [2.05, 4.69) is 6.92 Å². The predicted octanol–water partition coefficient (Wildman–Crippen LogP) is 12.3. The second-order valence-corrected chi connectivity index (χ2v) is 17.8. The van der Waals surface area contributed by atoms with Crippen molar-refractivity contribution in [1.29, 1.82) is 0 Å². The normalized spacial score (nSPS) is 16.0. The zero-order valence-corrected chi connectivity index (χ0v) is 33.8. The number of aliphatic hydroxyl groups is 1. The van der Waals surface area contributed by atoms with Crippen molar-refractivity contribution in [2.45, 2.75) is 244 Å². The summed E-state index contributed by atoms with van der Waals surface area (Å²) in [6.45, 7) is 3.66. The molecule has 1 saturated heterocycles. The third kappa shape index (κ3) is 25.7. The Hall–Kier alpha value is -1.21. The summed E-state index contributed by atoms with van der Waals surface area (Å²) in [6.07, 6.45) is 47.1. The number of imide groups is 1. The van der Waals surface area contributed by atoms with Gasteiger partial charge >= 0.3 is 0 Å². The summed E-state index contributed by atoms with van der Waals surface area (Å²) in [5.74, 6) is -1.69. The van der Waals surface area contributed by atoms with Crippen LogP contribution in [0.15, 0.2) is 12.3 Å². The van der Waals surface area contributed by atoms with Gasteiger partial charge in [-0.15, -0.1) is 0 Å².